The first-order chi connectivity index (χ1) is 9.61. The Morgan fingerprint density at radius 1 is 1.00 bits per heavy atom. The summed E-state index contributed by atoms with van der Waals surface area (Å²) < 4.78 is 5.67. The van der Waals surface area contributed by atoms with E-state index in [1.807, 2.05) is 18.2 Å². The molecule has 0 aliphatic carbocycles. The fourth-order valence-corrected chi connectivity index (χ4v) is 2.17. The van der Waals surface area contributed by atoms with Gasteiger partial charge in [0, 0.05) is 0 Å². The lowest BCUT2D eigenvalue weighted by Gasteiger charge is -2.15. The number of benzene rings is 2. The number of hydrogen-bond acceptors (Lipinski definition) is 2. The molecule has 2 nitrogen and oxygen atoms in total. The maximum atomic E-state index is 6.38. The molecule has 106 valence electrons. The first kappa shape index (κ1) is 14.6. The average molecular weight is 269 g/mol. The third-order valence-electron chi connectivity index (χ3n) is 3.58. The molecule has 0 spiro atoms. The molecule has 2 N–H and O–H groups in total. The van der Waals surface area contributed by atoms with Gasteiger partial charge in [-0.2, -0.15) is 0 Å². The number of rotatable bonds is 5. The minimum absolute atomic E-state index is 0.112. The molecule has 0 radical (unpaired) electrons. The highest BCUT2D eigenvalue weighted by Gasteiger charge is 2.10. The predicted molar refractivity (Wildman–Crippen MR) is 84.2 cm³/mol. The lowest BCUT2D eigenvalue weighted by molar-refractivity contribution is 0.317. The SMILES string of the molecule is CCCOc1cccc(C(N)c2ccc(C)c(C)c2)c1. The molecule has 0 amide bonds. The van der Waals surface area contributed by atoms with Crippen LogP contribution in [0, 0.1) is 13.8 Å². The molecule has 2 aromatic carbocycles. The van der Waals surface area contributed by atoms with E-state index in [1.54, 1.807) is 0 Å². The molecule has 2 heteroatoms. The van der Waals surface area contributed by atoms with Gasteiger partial charge in [-0.3, -0.25) is 0 Å². The van der Waals surface area contributed by atoms with Gasteiger partial charge in [0.05, 0.1) is 12.6 Å². The van der Waals surface area contributed by atoms with E-state index in [1.165, 1.54) is 11.1 Å². The molecule has 1 unspecified atom stereocenters. The second kappa shape index (κ2) is 6.58. The molecular formula is C18H23NO. The first-order valence-corrected chi connectivity index (χ1v) is 7.17. The van der Waals surface area contributed by atoms with E-state index in [0.717, 1.165) is 29.9 Å². The minimum Gasteiger partial charge on any atom is -0.494 e. The second-order valence-electron chi connectivity index (χ2n) is 5.24. The van der Waals surface area contributed by atoms with Crippen LogP contribution in [0.5, 0.6) is 5.75 Å². The normalized spacial score (nSPS) is 12.2. The van der Waals surface area contributed by atoms with Crippen molar-refractivity contribution in [2.45, 2.75) is 33.2 Å². The molecule has 2 rings (SSSR count). The lowest BCUT2D eigenvalue weighted by atomic mass is 9.96. The molecule has 0 saturated heterocycles. The second-order valence-corrected chi connectivity index (χ2v) is 5.24. The summed E-state index contributed by atoms with van der Waals surface area (Å²) >= 11 is 0. The van der Waals surface area contributed by atoms with Crippen molar-refractivity contribution < 1.29 is 4.74 Å². The van der Waals surface area contributed by atoms with Crippen LogP contribution in [-0.4, -0.2) is 6.61 Å². The summed E-state index contributed by atoms with van der Waals surface area (Å²) in [6, 6.07) is 14.4. The van der Waals surface area contributed by atoms with Crippen LogP contribution in [0.15, 0.2) is 42.5 Å². The molecule has 0 bridgehead atoms. The molecule has 1 atom stereocenters. The van der Waals surface area contributed by atoms with Gasteiger partial charge in [0.25, 0.3) is 0 Å². The van der Waals surface area contributed by atoms with E-state index < -0.39 is 0 Å². The van der Waals surface area contributed by atoms with Crippen LogP contribution in [-0.2, 0) is 0 Å². The van der Waals surface area contributed by atoms with Crippen LogP contribution in [0.1, 0.15) is 41.6 Å². The van der Waals surface area contributed by atoms with Crippen LogP contribution >= 0.6 is 0 Å². The fraction of sp³-hybridized carbons (Fsp3) is 0.333. The Balaban J connectivity index is 2.23. The van der Waals surface area contributed by atoms with Gasteiger partial charge < -0.3 is 10.5 Å². The molecule has 0 fully saturated rings. The summed E-state index contributed by atoms with van der Waals surface area (Å²) in [4.78, 5) is 0. The summed E-state index contributed by atoms with van der Waals surface area (Å²) in [5, 5.41) is 0. The van der Waals surface area contributed by atoms with Crippen LogP contribution in [0.2, 0.25) is 0 Å². The highest BCUT2D eigenvalue weighted by Crippen LogP contribution is 2.24. The Bertz CT molecular complexity index is 577. The molecule has 0 aliphatic heterocycles. The smallest absolute Gasteiger partial charge is 0.119 e. The quantitative estimate of drug-likeness (QED) is 0.885. The Kier molecular flexibility index (Phi) is 4.80. The van der Waals surface area contributed by atoms with E-state index in [2.05, 4.69) is 45.0 Å². The van der Waals surface area contributed by atoms with Gasteiger partial charge in [0.15, 0.2) is 0 Å². The van der Waals surface area contributed by atoms with Crippen molar-refractivity contribution in [3.8, 4) is 5.75 Å². The van der Waals surface area contributed by atoms with Crippen LogP contribution in [0.4, 0.5) is 0 Å². The molecule has 0 aliphatic rings. The van der Waals surface area contributed by atoms with Gasteiger partial charge in [0.1, 0.15) is 5.75 Å². The largest absolute Gasteiger partial charge is 0.494 e. The van der Waals surface area contributed by atoms with Crippen molar-refractivity contribution in [1.82, 2.24) is 0 Å². The van der Waals surface area contributed by atoms with Crippen molar-refractivity contribution >= 4 is 0 Å². The Morgan fingerprint density at radius 2 is 1.75 bits per heavy atom. The zero-order valence-electron chi connectivity index (χ0n) is 12.5. The maximum absolute atomic E-state index is 6.38. The van der Waals surface area contributed by atoms with Crippen LogP contribution < -0.4 is 10.5 Å². The Labute approximate surface area is 121 Å². The number of hydrogen-bond donors (Lipinski definition) is 1. The van der Waals surface area contributed by atoms with Crippen molar-refractivity contribution in [3.63, 3.8) is 0 Å². The van der Waals surface area contributed by atoms with Gasteiger partial charge in [0.2, 0.25) is 0 Å². The van der Waals surface area contributed by atoms with Crippen LogP contribution in [0.3, 0.4) is 0 Å². The first-order valence-electron chi connectivity index (χ1n) is 7.17. The Hall–Kier alpha value is -1.80. The molecule has 0 aromatic heterocycles. The van der Waals surface area contributed by atoms with Gasteiger partial charge in [-0.05, 0) is 54.7 Å². The maximum Gasteiger partial charge on any atom is 0.119 e. The Morgan fingerprint density at radius 3 is 2.45 bits per heavy atom. The summed E-state index contributed by atoms with van der Waals surface area (Å²) in [7, 11) is 0. The van der Waals surface area contributed by atoms with E-state index >= 15 is 0 Å². The summed E-state index contributed by atoms with van der Waals surface area (Å²) in [5.74, 6) is 0.892. The summed E-state index contributed by atoms with van der Waals surface area (Å²) in [6.45, 7) is 7.07. The number of aryl methyl sites for hydroxylation is 2. The highest BCUT2D eigenvalue weighted by molar-refractivity contribution is 5.39. The minimum atomic E-state index is -0.112. The summed E-state index contributed by atoms with van der Waals surface area (Å²) in [5.41, 5.74) is 11.2. The van der Waals surface area contributed by atoms with Gasteiger partial charge in [-0.1, -0.05) is 37.3 Å². The topological polar surface area (TPSA) is 35.2 Å². The third-order valence-corrected chi connectivity index (χ3v) is 3.58. The van der Waals surface area contributed by atoms with Crippen molar-refractivity contribution in [2.24, 2.45) is 5.73 Å². The third kappa shape index (κ3) is 3.40. The monoisotopic (exact) mass is 269 g/mol. The van der Waals surface area contributed by atoms with Crippen molar-refractivity contribution in [1.29, 1.82) is 0 Å². The van der Waals surface area contributed by atoms with E-state index in [0.29, 0.717) is 0 Å². The van der Waals surface area contributed by atoms with Crippen molar-refractivity contribution in [3.05, 3.63) is 64.7 Å². The molecule has 0 saturated carbocycles. The average Bonchev–Trinajstić information content (AvgIpc) is 2.47. The van der Waals surface area contributed by atoms with Crippen LogP contribution in [0.25, 0.3) is 0 Å². The lowest BCUT2D eigenvalue weighted by Crippen LogP contribution is -2.12. The van der Waals surface area contributed by atoms with E-state index in [9.17, 15) is 0 Å². The fourth-order valence-electron chi connectivity index (χ4n) is 2.17. The molecular weight excluding hydrogens is 246 g/mol. The molecule has 2 aromatic rings. The van der Waals surface area contributed by atoms with Gasteiger partial charge >= 0.3 is 0 Å². The highest BCUT2D eigenvalue weighted by atomic mass is 16.5. The molecule has 0 heterocycles. The number of ether oxygens (including phenoxy) is 1. The standard InChI is InChI=1S/C18H23NO/c1-4-10-20-17-7-5-6-15(12-17)18(19)16-9-8-13(2)14(3)11-16/h5-9,11-12,18H,4,10,19H2,1-3H3. The van der Waals surface area contributed by atoms with Gasteiger partial charge in [-0.25, -0.2) is 0 Å². The number of nitrogens with two attached hydrogens (primary N) is 1. The molecule has 20 heavy (non-hydrogen) atoms. The zero-order valence-corrected chi connectivity index (χ0v) is 12.5. The van der Waals surface area contributed by atoms with E-state index in [-0.39, 0.29) is 6.04 Å². The predicted octanol–water partition coefficient (Wildman–Crippen LogP) is 4.14. The summed E-state index contributed by atoms with van der Waals surface area (Å²) in [6.07, 6.45) is 1.01. The zero-order chi connectivity index (χ0) is 14.5. The van der Waals surface area contributed by atoms with Crippen molar-refractivity contribution in [2.75, 3.05) is 6.61 Å². The van der Waals surface area contributed by atoms with E-state index in [4.69, 9.17) is 10.5 Å². The van der Waals surface area contributed by atoms with Gasteiger partial charge in [-0.15, -0.1) is 0 Å².